The van der Waals surface area contributed by atoms with Gasteiger partial charge in [-0.25, -0.2) is 0 Å². The minimum atomic E-state index is 0.162. The van der Waals surface area contributed by atoms with Gasteiger partial charge in [0.2, 0.25) is 5.91 Å². The molecule has 1 amide bonds. The summed E-state index contributed by atoms with van der Waals surface area (Å²) in [5, 5.41) is 1.03. The van der Waals surface area contributed by atoms with Crippen LogP contribution in [0.5, 0.6) is 0 Å². The minimum Gasteiger partial charge on any atom is -0.385 e. The van der Waals surface area contributed by atoms with Crippen LogP contribution in [-0.4, -0.2) is 61.6 Å². The standard InChI is InChI=1S/C23H34Cl2N2O2/c1-26(23(28)16-18-7-9-19(24)20(25)14-18)21-10-8-17(6-5-13-29-2)15-22(21)27-11-3-4-12-27/h7,9,14,17,21-22H,3-6,8,10-13,15-16H2,1-2H3. The molecule has 4 nitrogen and oxygen atoms in total. The number of likely N-dealkylation sites (N-methyl/N-ethyl adjacent to an activating group) is 1. The predicted molar refractivity (Wildman–Crippen MR) is 120 cm³/mol. The fourth-order valence-electron chi connectivity index (χ4n) is 5.05. The molecule has 1 saturated carbocycles. The molecular weight excluding hydrogens is 407 g/mol. The zero-order valence-electron chi connectivity index (χ0n) is 17.7. The lowest BCUT2D eigenvalue weighted by atomic mass is 9.78. The molecule has 1 aromatic rings. The lowest BCUT2D eigenvalue weighted by Crippen LogP contribution is -2.54. The zero-order valence-corrected chi connectivity index (χ0v) is 19.2. The maximum absolute atomic E-state index is 13.1. The van der Waals surface area contributed by atoms with Gasteiger partial charge in [0.15, 0.2) is 0 Å². The van der Waals surface area contributed by atoms with Crippen molar-refractivity contribution in [3.63, 3.8) is 0 Å². The Balaban J connectivity index is 1.65. The van der Waals surface area contributed by atoms with Crippen molar-refractivity contribution in [1.82, 2.24) is 9.80 Å². The first-order valence-corrected chi connectivity index (χ1v) is 11.7. The van der Waals surface area contributed by atoms with Gasteiger partial charge in [0.25, 0.3) is 0 Å². The number of nitrogens with zero attached hydrogens (tertiary/aromatic N) is 2. The molecule has 1 aromatic carbocycles. The molecule has 6 heteroatoms. The summed E-state index contributed by atoms with van der Waals surface area (Å²) in [5.74, 6) is 0.904. The van der Waals surface area contributed by atoms with E-state index in [1.807, 2.05) is 18.0 Å². The lowest BCUT2D eigenvalue weighted by Gasteiger charge is -2.45. The van der Waals surface area contributed by atoms with Crippen LogP contribution in [0.15, 0.2) is 18.2 Å². The van der Waals surface area contributed by atoms with E-state index in [2.05, 4.69) is 4.90 Å². The molecule has 0 aromatic heterocycles. The maximum atomic E-state index is 13.1. The fourth-order valence-corrected chi connectivity index (χ4v) is 5.37. The first-order chi connectivity index (χ1) is 14.0. The largest absolute Gasteiger partial charge is 0.385 e. The average molecular weight is 441 g/mol. The summed E-state index contributed by atoms with van der Waals surface area (Å²) in [7, 11) is 3.76. The lowest BCUT2D eigenvalue weighted by molar-refractivity contribution is -0.133. The molecule has 1 aliphatic carbocycles. The molecule has 3 unspecified atom stereocenters. The molecule has 1 heterocycles. The molecule has 1 aliphatic heterocycles. The number of hydrogen-bond donors (Lipinski definition) is 0. The van der Waals surface area contributed by atoms with Crippen molar-refractivity contribution in [2.45, 2.75) is 63.5 Å². The van der Waals surface area contributed by atoms with Gasteiger partial charge >= 0.3 is 0 Å². The first-order valence-electron chi connectivity index (χ1n) is 10.9. The molecule has 2 fully saturated rings. The van der Waals surface area contributed by atoms with Crippen molar-refractivity contribution in [2.24, 2.45) is 5.92 Å². The van der Waals surface area contributed by atoms with E-state index in [1.54, 1.807) is 19.2 Å². The molecule has 2 aliphatic rings. The first kappa shape index (κ1) is 22.9. The molecule has 0 N–H and O–H groups in total. The summed E-state index contributed by atoms with van der Waals surface area (Å²) in [5.41, 5.74) is 0.919. The topological polar surface area (TPSA) is 32.8 Å². The van der Waals surface area contributed by atoms with Crippen LogP contribution in [0.4, 0.5) is 0 Å². The number of halogens is 2. The SMILES string of the molecule is COCCCC1CCC(N(C)C(=O)Cc2ccc(Cl)c(Cl)c2)C(N2CCCC2)C1. The van der Waals surface area contributed by atoms with Gasteiger partial charge in [-0.3, -0.25) is 9.69 Å². The molecule has 3 rings (SSSR count). The van der Waals surface area contributed by atoms with Crippen LogP contribution in [0, 0.1) is 5.92 Å². The second-order valence-electron chi connectivity index (χ2n) is 8.62. The summed E-state index contributed by atoms with van der Waals surface area (Å²) in [6.45, 7) is 3.18. The van der Waals surface area contributed by atoms with E-state index in [9.17, 15) is 4.79 Å². The van der Waals surface area contributed by atoms with Crippen LogP contribution >= 0.6 is 23.2 Å². The summed E-state index contributed by atoms with van der Waals surface area (Å²) in [4.78, 5) is 17.7. The fraction of sp³-hybridized carbons (Fsp3) is 0.696. The van der Waals surface area contributed by atoms with Crippen LogP contribution in [0.3, 0.4) is 0 Å². The third-order valence-corrected chi connectivity index (χ3v) is 7.43. The Morgan fingerprint density at radius 1 is 1.21 bits per heavy atom. The van der Waals surface area contributed by atoms with Gasteiger partial charge < -0.3 is 9.64 Å². The Morgan fingerprint density at radius 3 is 2.66 bits per heavy atom. The zero-order chi connectivity index (χ0) is 20.8. The molecule has 0 radical (unpaired) electrons. The monoisotopic (exact) mass is 440 g/mol. The number of carbonyl (C=O) groups is 1. The van der Waals surface area contributed by atoms with Crippen LogP contribution in [-0.2, 0) is 16.0 Å². The highest BCUT2D eigenvalue weighted by Crippen LogP contribution is 2.35. The van der Waals surface area contributed by atoms with E-state index in [1.165, 1.54) is 45.2 Å². The third-order valence-electron chi connectivity index (χ3n) is 6.69. The number of amides is 1. The van der Waals surface area contributed by atoms with Crippen molar-refractivity contribution < 1.29 is 9.53 Å². The summed E-state index contributed by atoms with van der Waals surface area (Å²) >= 11 is 12.1. The summed E-state index contributed by atoms with van der Waals surface area (Å²) < 4.78 is 5.24. The summed E-state index contributed by atoms with van der Waals surface area (Å²) in [6, 6.07) is 6.24. The molecule has 0 bridgehead atoms. The minimum absolute atomic E-state index is 0.162. The Hall–Kier alpha value is -0.810. The van der Waals surface area contributed by atoms with Crippen molar-refractivity contribution >= 4 is 29.1 Å². The number of ether oxygens (including phenoxy) is 1. The van der Waals surface area contributed by atoms with Gasteiger partial charge in [-0.1, -0.05) is 29.3 Å². The van der Waals surface area contributed by atoms with E-state index in [-0.39, 0.29) is 5.91 Å². The number of rotatable bonds is 8. The van der Waals surface area contributed by atoms with Gasteiger partial charge in [0, 0.05) is 32.8 Å². The van der Waals surface area contributed by atoms with Crippen LogP contribution in [0.2, 0.25) is 10.0 Å². The van der Waals surface area contributed by atoms with Crippen molar-refractivity contribution in [1.29, 1.82) is 0 Å². The van der Waals surface area contributed by atoms with Crippen LogP contribution in [0.1, 0.15) is 50.5 Å². The Kier molecular flexibility index (Phi) is 8.67. The number of benzene rings is 1. The number of methoxy groups -OCH3 is 1. The second-order valence-corrected chi connectivity index (χ2v) is 9.44. The van der Waals surface area contributed by atoms with Crippen molar-refractivity contribution in [3.05, 3.63) is 33.8 Å². The van der Waals surface area contributed by atoms with E-state index in [0.29, 0.717) is 28.5 Å². The highest BCUT2D eigenvalue weighted by Gasteiger charge is 2.38. The highest BCUT2D eigenvalue weighted by molar-refractivity contribution is 6.42. The molecular formula is C23H34Cl2N2O2. The molecule has 3 atom stereocenters. The van der Waals surface area contributed by atoms with Crippen molar-refractivity contribution in [2.75, 3.05) is 33.9 Å². The second kappa shape index (κ2) is 11.0. The quantitative estimate of drug-likeness (QED) is 0.529. The van der Waals surface area contributed by atoms with Gasteiger partial charge in [-0.05, 0) is 81.6 Å². The Labute approximate surface area is 185 Å². The number of carbonyl (C=O) groups excluding carboxylic acids is 1. The van der Waals surface area contributed by atoms with Gasteiger partial charge in [0.05, 0.1) is 16.5 Å². The smallest absolute Gasteiger partial charge is 0.227 e. The molecule has 29 heavy (non-hydrogen) atoms. The van der Waals surface area contributed by atoms with E-state index < -0.39 is 0 Å². The average Bonchev–Trinajstić information content (AvgIpc) is 3.25. The number of likely N-dealkylation sites (tertiary alicyclic amines) is 1. The van der Waals surface area contributed by atoms with Gasteiger partial charge in [-0.15, -0.1) is 0 Å². The predicted octanol–water partition coefficient (Wildman–Crippen LogP) is 5.05. The van der Waals surface area contributed by atoms with Crippen molar-refractivity contribution in [3.8, 4) is 0 Å². The number of hydrogen-bond acceptors (Lipinski definition) is 3. The Morgan fingerprint density at radius 2 is 1.97 bits per heavy atom. The van der Waals surface area contributed by atoms with Crippen LogP contribution in [0.25, 0.3) is 0 Å². The van der Waals surface area contributed by atoms with E-state index in [4.69, 9.17) is 27.9 Å². The van der Waals surface area contributed by atoms with E-state index >= 15 is 0 Å². The highest BCUT2D eigenvalue weighted by atomic mass is 35.5. The van der Waals surface area contributed by atoms with E-state index in [0.717, 1.165) is 30.9 Å². The summed E-state index contributed by atoms with van der Waals surface area (Å²) in [6.07, 6.45) is 8.76. The van der Waals surface area contributed by atoms with Crippen LogP contribution < -0.4 is 0 Å². The maximum Gasteiger partial charge on any atom is 0.227 e. The van der Waals surface area contributed by atoms with Gasteiger partial charge in [-0.2, -0.15) is 0 Å². The Bertz CT molecular complexity index is 679. The molecule has 1 saturated heterocycles. The third kappa shape index (κ3) is 6.10. The van der Waals surface area contributed by atoms with Gasteiger partial charge in [0.1, 0.15) is 0 Å². The molecule has 162 valence electrons. The molecule has 0 spiro atoms. The normalized spacial score (nSPS) is 25.3.